The van der Waals surface area contributed by atoms with Crippen molar-refractivity contribution < 1.29 is 4.39 Å². The first-order valence-electron chi connectivity index (χ1n) is 7.97. The summed E-state index contributed by atoms with van der Waals surface area (Å²) in [5.74, 6) is -0.199. The van der Waals surface area contributed by atoms with Gasteiger partial charge in [-0.05, 0) is 31.4 Å². The fraction of sp³-hybridized carbons (Fsp3) is 0.647. The summed E-state index contributed by atoms with van der Waals surface area (Å²) in [7, 11) is 0. The topological polar surface area (TPSA) is 15.3 Å². The molecule has 1 unspecified atom stereocenters. The lowest BCUT2D eigenvalue weighted by Crippen LogP contribution is -2.63. The van der Waals surface area contributed by atoms with Crippen LogP contribution >= 0.6 is 11.6 Å². The summed E-state index contributed by atoms with van der Waals surface area (Å²) in [4.78, 5) is 2.43. The Morgan fingerprint density at radius 2 is 2.05 bits per heavy atom. The lowest BCUT2D eigenvalue weighted by molar-refractivity contribution is 0.0230. The number of hydrogen-bond acceptors (Lipinski definition) is 2. The predicted octanol–water partition coefficient (Wildman–Crippen LogP) is 4.22. The van der Waals surface area contributed by atoms with Crippen molar-refractivity contribution >= 4 is 11.6 Å². The van der Waals surface area contributed by atoms with Gasteiger partial charge in [0.05, 0.1) is 0 Å². The molecule has 0 amide bonds. The zero-order valence-corrected chi connectivity index (χ0v) is 14.0. The van der Waals surface area contributed by atoms with Crippen molar-refractivity contribution in [1.82, 2.24) is 10.2 Å². The van der Waals surface area contributed by atoms with E-state index in [0.29, 0.717) is 23.2 Å². The maximum absolute atomic E-state index is 14.1. The van der Waals surface area contributed by atoms with Gasteiger partial charge in [-0.15, -0.1) is 0 Å². The third-order valence-electron chi connectivity index (χ3n) is 5.05. The van der Waals surface area contributed by atoms with Gasteiger partial charge >= 0.3 is 0 Å². The molecule has 1 aromatic carbocycles. The summed E-state index contributed by atoms with van der Waals surface area (Å²) >= 11 is 6.22. The van der Waals surface area contributed by atoms with Crippen LogP contribution in [0.3, 0.4) is 0 Å². The molecule has 1 aliphatic rings. The molecule has 1 saturated heterocycles. The van der Waals surface area contributed by atoms with Crippen LogP contribution in [0, 0.1) is 5.82 Å². The molecular weight excluding hydrogens is 287 g/mol. The number of hydrogen-bond donors (Lipinski definition) is 1. The first-order valence-corrected chi connectivity index (χ1v) is 8.35. The van der Waals surface area contributed by atoms with Crippen LogP contribution in [0.4, 0.5) is 4.39 Å². The van der Waals surface area contributed by atoms with E-state index in [2.05, 4.69) is 31.0 Å². The quantitative estimate of drug-likeness (QED) is 0.875. The molecule has 0 saturated carbocycles. The minimum atomic E-state index is -0.199. The van der Waals surface area contributed by atoms with Crippen molar-refractivity contribution in [3.63, 3.8) is 0 Å². The van der Waals surface area contributed by atoms with E-state index in [4.69, 9.17) is 11.6 Å². The van der Waals surface area contributed by atoms with Crippen LogP contribution in [0.1, 0.15) is 45.6 Å². The average Bonchev–Trinajstić information content (AvgIpc) is 2.51. The van der Waals surface area contributed by atoms with Crippen molar-refractivity contribution in [3.05, 3.63) is 34.6 Å². The van der Waals surface area contributed by atoms with E-state index in [1.807, 2.05) is 0 Å². The predicted molar refractivity (Wildman–Crippen MR) is 87.2 cm³/mol. The van der Waals surface area contributed by atoms with Crippen LogP contribution in [-0.2, 0) is 6.54 Å². The zero-order valence-electron chi connectivity index (χ0n) is 13.3. The minimum Gasteiger partial charge on any atom is -0.311 e. The number of nitrogens with one attached hydrogen (secondary N) is 1. The molecule has 2 nitrogen and oxygen atoms in total. The number of benzene rings is 1. The SMILES string of the molecule is CCC1CN(Cc2c(F)cccc2Cl)C(CC)(CC)CN1. The highest BCUT2D eigenvalue weighted by molar-refractivity contribution is 6.31. The van der Waals surface area contributed by atoms with Crippen molar-refractivity contribution in [1.29, 1.82) is 0 Å². The summed E-state index contributed by atoms with van der Waals surface area (Å²) in [6.07, 6.45) is 3.20. The minimum absolute atomic E-state index is 0.0945. The third kappa shape index (κ3) is 3.41. The maximum Gasteiger partial charge on any atom is 0.129 e. The Hall–Kier alpha value is -0.640. The van der Waals surface area contributed by atoms with Crippen LogP contribution in [0.2, 0.25) is 5.02 Å². The van der Waals surface area contributed by atoms with Crippen molar-refractivity contribution in [2.24, 2.45) is 0 Å². The molecule has 0 radical (unpaired) electrons. The van der Waals surface area contributed by atoms with Crippen molar-refractivity contribution in [2.75, 3.05) is 13.1 Å². The van der Waals surface area contributed by atoms with Gasteiger partial charge in [0.25, 0.3) is 0 Å². The smallest absolute Gasteiger partial charge is 0.129 e. The van der Waals surface area contributed by atoms with E-state index in [0.717, 1.165) is 32.4 Å². The molecule has 1 fully saturated rings. The van der Waals surface area contributed by atoms with E-state index in [1.54, 1.807) is 12.1 Å². The molecule has 0 aromatic heterocycles. The Kier molecular flexibility index (Phi) is 5.64. The zero-order chi connectivity index (χ0) is 15.5. The van der Waals surface area contributed by atoms with E-state index in [-0.39, 0.29) is 11.4 Å². The van der Waals surface area contributed by atoms with E-state index in [9.17, 15) is 4.39 Å². The second-order valence-corrected chi connectivity index (χ2v) is 6.41. The van der Waals surface area contributed by atoms with Crippen molar-refractivity contribution in [2.45, 2.75) is 58.2 Å². The summed E-state index contributed by atoms with van der Waals surface area (Å²) in [6, 6.07) is 5.42. The second-order valence-electron chi connectivity index (χ2n) is 6.00. The summed E-state index contributed by atoms with van der Waals surface area (Å²) in [5.41, 5.74) is 0.722. The second kappa shape index (κ2) is 7.08. The highest BCUT2D eigenvalue weighted by Crippen LogP contribution is 2.31. The summed E-state index contributed by atoms with van der Waals surface area (Å²) in [6.45, 7) is 9.12. The van der Waals surface area contributed by atoms with E-state index in [1.165, 1.54) is 6.07 Å². The molecule has 0 bridgehead atoms. The molecule has 0 aliphatic carbocycles. The van der Waals surface area contributed by atoms with Gasteiger partial charge in [-0.1, -0.05) is 38.4 Å². The first kappa shape index (κ1) is 16.7. The lowest BCUT2D eigenvalue weighted by Gasteiger charge is -2.49. The van der Waals surface area contributed by atoms with Gasteiger partial charge in [-0.3, -0.25) is 4.90 Å². The molecule has 21 heavy (non-hydrogen) atoms. The Labute approximate surface area is 132 Å². The van der Waals surface area contributed by atoms with E-state index >= 15 is 0 Å². The number of nitrogens with zero attached hydrogens (tertiary/aromatic N) is 1. The highest BCUT2D eigenvalue weighted by Gasteiger charge is 2.38. The fourth-order valence-electron chi connectivity index (χ4n) is 3.30. The average molecular weight is 313 g/mol. The van der Waals surface area contributed by atoms with Gasteiger partial charge < -0.3 is 5.32 Å². The Morgan fingerprint density at radius 1 is 1.33 bits per heavy atom. The van der Waals surface area contributed by atoms with Gasteiger partial charge in [0, 0.05) is 41.8 Å². The standard InChI is InChI=1S/C17H26ClFN2/c1-4-13-10-21(17(5-2,6-3)12-20-13)11-14-15(18)8-7-9-16(14)19/h7-9,13,20H,4-6,10-12H2,1-3H3. The summed E-state index contributed by atoms with van der Waals surface area (Å²) in [5, 5.41) is 4.17. The van der Waals surface area contributed by atoms with Gasteiger partial charge in [0.1, 0.15) is 5.82 Å². The molecule has 1 heterocycles. The Morgan fingerprint density at radius 3 is 2.62 bits per heavy atom. The number of piperazine rings is 1. The number of rotatable bonds is 5. The van der Waals surface area contributed by atoms with Gasteiger partial charge in [-0.2, -0.15) is 0 Å². The van der Waals surface area contributed by atoms with Crippen LogP contribution in [0.5, 0.6) is 0 Å². The normalized spacial score (nSPS) is 22.4. The molecule has 1 aromatic rings. The molecular formula is C17H26ClFN2. The van der Waals surface area contributed by atoms with Gasteiger partial charge in [0.2, 0.25) is 0 Å². The van der Waals surface area contributed by atoms with Crippen molar-refractivity contribution in [3.8, 4) is 0 Å². The molecule has 2 rings (SSSR count). The number of halogens is 2. The molecule has 1 aliphatic heterocycles. The lowest BCUT2D eigenvalue weighted by atomic mass is 9.86. The highest BCUT2D eigenvalue weighted by atomic mass is 35.5. The molecule has 118 valence electrons. The third-order valence-corrected chi connectivity index (χ3v) is 5.41. The van der Waals surface area contributed by atoms with Crippen LogP contribution in [0.25, 0.3) is 0 Å². The largest absolute Gasteiger partial charge is 0.311 e. The van der Waals surface area contributed by atoms with Gasteiger partial charge in [-0.25, -0.2) is 4.39 Å². The molecule has 1 N–H and O–H groups in total. The monoisotopic (exact) mass is 312 g/mol. The van der Waals surface area contributed by atoms with E-state index < -0.39 is 0 Å². The molecule has 4 heteroatoms. The molecule has 1 atom stereocenters. The first-order chi connectivity index (χ1) is 10.1. The maximum atomic E-state index is 14.1. The van der Waals surface area contributed by atoms with Crippen LogP contribution in [0.15, 0.2) is 18.2 Å². The molecule has 0 spiro atoms. The van der Waals surface area contributed by atoms with Gasteiger partial charge in [0.15, 0.2) is 0 Å². The fourth-order valence-corrected chi connectivity index (χ4v) is 3.52. The Bertz CT molecular complexity index is 454. The Balaban J connectivity index is 2.28. The van der Waals surface area contributed by atoms with Crippen LogP contribution < -0.4 is 5.32 Å². The van der Waals surface area contributed by atoms with Crippen LogP contribution in [-0.4, -0.2) is 29.6 Å². The summed E-state index contributed by atoms with van der Waals surface area (Å²) < 4.78 is 14.1.